The quantitative estimate of drug-likeness (QED) is 0.795. The number of nitrogens with one attached hydrogen (secondary N) is 1. The Kier molecular flexibility index (Phi) is 5.08. The summed E-state index contributed by atoms with van der Waals surface area (Å²) in [5.74, 6) is 3.56. The Morgan fingerprint density at radius 2 is 1.95 bits per heavy atom. The highest BCUT2D eigenvalue weighted by Gasteiger charge is 1.97. The molecule has 102 valence electrons. The summed E-state index contributed by atoms with van der Waals surface area (Å²) in [4.78, 5) is 0. The molecular formula is C18H19NO. The van der Waals surface area contributed by atoms with Crippen molar-refractivity contribution >= 4 is 5.69 Å². The van der Waals surface area contributed by atoms with Crippen molar-refractivity contribution in [3.63, 3.8) is 0 Å². The van der Waals surface area contributed by atoms with Crippen molar-refractivity contribution in [3.05, 3.63) is 59.7 Å². The van der Waals surface area contributed by atoms with E-state index in [-0.39, 0.29) is 0 Å². The highest BCUT2D eigenvalue weighted by molar-refractivity contribution is 5.50. The van der Waals surface area contributed by atoms with Gasteiger partial charge in [-0.05, 0) is 42.3 Å². The fourth-order valence-electron chi connectivity index (χ4n) is 1.85. The molecule has 0 fully saturated rings. The Labute approximate surface area is 120 Å². The molecule has 0 aliphatic carbocycles. The molecule has 0 saturated carbocycles. The minimum Gasteiger partial charge on any atom is -0.494 e. The van der Waals surface area contributed by atoms with Crippen LogP contribution in [0.3, 0.4) is 0 Å². The SMILES string of the molecule is C#Cc1cccc(NCc2ccc(OCCC)cc2)c1. The lowest BCUT2D eigenvalue weighted by Crippen LogP contribution is -2.00. The topological polar surface area (TPSA) is 21.3 Å². The molecule has 2 nitrogen and oxygen atoms in total. The van der Waals surface area contributed by atoms with Crippen LogP contribution in [0.1, 0.15) is 24.5 Å². The monoisotopic (exact) mass is 265 g/mol. The first-order chi connectivity index (χ1) is 9.81. The van der Waals surface area contributed by atoms with E-state index in [4.69, 9.17) is 11.2 Å². The lowest BCUT2D eigenvalue weighted by Gasteiger charge is -2.08. The zero-order chi connectivity index (χ0) is 14.2. The van der Waals surface area contributed by atoms with Crippen LogP contribution in [0.2, 0.25) is 0 Å². The predicted molar refractivity (Wildman–Crippen MR) is 83.9 cm³/mol. The summed E-state index contributed by atoms with van der Waals surface area (Å²) in [6.45, 7) is 3.63. The zero-order valence-corrected chi connectivity index (χ0v) is 11.7. The highest BCUT2D eigenvalue weighted by Crippen LogP contribution is 2.15. The fourth-order valence-corrected chi connectivity index (χ4v) is 1.85. The average molecular weight is 265 g/mol. The van der Waals surface area contributed by atoms with Crippen LogP contribution in [0.4, 0.5) is 5.69 Å². The molecule has 0 radical (unpaired) electrons. The van der Waals surface area contributed by atoms with Crippen LogP contribution in [0, 0.1) is 12.3 Å². The van der Waals surface area contributed by atoms with Gasteiger partial charge in [-0.2, -0.15) is 0 Å². The molecule has 0 spiro atoms. The van der Waals surface area contributed by atoms with E-state index in [0.29, 0.717) is 0 Å². The summed E-state index contributed by atoms with van der Waals surface area (Å²) in [5, 5.41) is 3.36. The van der Waals surface area contributed by atoms with Crippen molar-refractivity contribution in [3.8, 4) is 18.1 Å². The van der Waals surface area contributed by atoms with Gasteiger partial charge in [0.2, 0.25) is 0 Å². The number of benzene rings is 2. The van der Waals surface area contributed by atoms with E-state index in [1.807, 2.05) is 36.4 Å². The third-order valence-electron chi connectivity index (χ3n) is 2.92. The van der Waals surface area contributed by atoms with Crippen molar-refractivity contribution in [1.29, 1.82) is 0 Å². The van der Waals surface area contributed by atoms with E-state index < -0.39 is 0 Å². The third kappa shape index (κ3) is 4.07. The summed E-state index contributed by atoms with van der Waals surface area (Å²) in [5.41, 5.74) is 3.13. The van der Waals surface area contributed by atoms with Gasteiger partial charge >= 0.3 is 0 Å². The van der Waals surface area contributed by atoms with Crippen molar-refractivity contribution in [1.82, 2.24) is 0 Å². The van der Waals surface area contributed by atoms with Gasteiger partial charge in [0.15, 0.2) is 0 Å². The second-order valence-corrected chi connectivity index (χ2v) is 4.57. The summed E-state index contributed by atoms with van der Waals surface area (Å²) in [6.07, 6.45) is 6.41. The Morgan fingerprint density at radius 3 is 2.65 bits per heavy atom. The lowest BCUT2D eigenvalue weighted by atomic mass is 10.2. The van der Waals surface area contributed by atoms with Crippen LogP contribution in [0.25, 0.3) is 0 Å². The summed E-state index contributed by atoms with van der Waals surface area (Å²) in [7, 11) is 0. The number of anilines is 1. The molecule has 0 saturated heterocycles. The maximum absolute atomic E-state index is 5.56. The second kappa shape index (κ2) is 7.25. The molecule has 2 aromatic carbocycles. The molecule has 0 bridgehead atoms. The van der Waals surface area contributed by atoms with Gasteiger partial charge in [-0.3, -0.25) is 0 Å². The molecule has 0 aliphatic heterocycles. The van der Waals surface area contributed by atoms with E-state index in [2.05, 4.69) is 30.3 Å². The van der Waals surface area contributed by atoms with Gasteiger partial charge in [0.25, 0.3) is 0 Å². The third-order valence-corrected chi connectivity index (χ3v) is 2.92. The van der Waals surface area contributed by atoms with Gasteiger partial charge < -0.3 is 10.1 Å². The van der Waals surface area contributed by atoms with Crippen LogP contribution in [0.15, 0.2) is 48.5 Å². The Morgan fingerprint density at radius 1 is 1.15 bits per heavy atom. The van der Waals surface area contributed by atoms with Crippen LogP contribution in [-0.2, 0) is 6.54 Å². The Bertz CT molecular complexity index is 581. The van der Waals surface area contributed by atoms with Gasteiger partial charge in [-0.25, -0.2) is 0 Å². The molecule has 1 N–H and O–H groups in total. The zero-order valence-electron chi connectivity index (χ0n) is 11.7. The predicted octanol–water partition coefficient (Wildman–Crippen LogP) is 4.07. The van der Waals surface area contributed by atoms with E-state index in [1.165, 1.54) is 5.56 Å². The Hall–Kier alpha value is -2.40. The maximum atomic E-state index is 5.56. The Balaban J connectivity index is 1.92. The fraction of sp³-hybridized carbons (Fsp3) is 0.222. The van der Waals surface area contributed by atoms with Crippen molar-refractivity contribution in [2.24, 2.45) is 0 Å². The summed E-state index contributed by atoms with van der Waals surface area (Å²) >= 11 is 0. The van der Waals surface area contributed by atoms with E-state index >= 15 is 0 Å². The minimum atomic E-state index is 0.760. The van der Waals surface area contributed by atoms with E-state index in [1.54, 1.807) is 0 Å². The van der Waals surface area contributed by atoms with E-state index in [9.17, 15) is 0 Å². The van der Waals surface area contributed by atoms with Crippen LogP contribution in [0.5, 0.6) is 5.75 Å². The first-order valence-electron chi connectivity index (χ1n) is 6.84. The number of rotatable bonds is 6. The molecule has 0 atom stereocenters. The highest BCUT2D eigenvalue weighted by atomic mass is 16.5. The largest absolute Gasteiger partial charge is 0.494 e. The summed E-state index contributed by atoms with van der Waals surface area (Å²) in [6, 6.07) is 16.0. The second-order valence-electron chi connectivity index (χ2n) is 4.57. The molecule has 0 aliphatic rings. The molecule has 20 heavy (non-hydrogen) atoms. The molecule has 2 heteroatoms. The van der Waals surface area contributed by atoms with Gasteiger partial charge in [-0.15, -0.1) is 6.42 Å². The molecule has 2 aromatic rings. The minimum absolute atomic E-state index is 0.760. The average Bonchev–Trinajstić information content (AvgIpc) is 2.52. The van der Waals surface area contributed by atoms with Crippen molar-refractivity contribution in [2.75, 3.05) is 11.9 Å². The normalized spacial score (nSPS) is 9.80. The number of terminal acetylenes is 1. The number of hydrogen-bond acceptors (Lipinski definition) is 2. The maximum Gasteiger partial charge on any atom is 0.119 e. The molecule has 0 aromatic heterocycles. The van der Waals surface area contributed by atoms with Crippen LogP contribution < -0.4 is 10.1 Å². The molecule has 2 rings (SSSR count). The van der Waals surface area contributed by atoms with Gasteiger partial charge in [0.05, 0.1) is 6.61 Å². The van der Waals surface area contributed by atoms with Gasteiger partial charge in [-0.1, -0.05) is 31.0 Å². The summed E-state index contributed by atoms with van der Waals surface area (Å²) < 4.78 is 5.56. The standard InChI is InChI=1S/C18H19NO/c1-3-12-20-18-10-8-16(9-11-18)14-19-17-7-5-6-15(4-2)13-17/h2,5-11,13,19H,3,12,14H2,1H3. The molecule has 0 heterocycles. The van der Waals surface area contributed by atoms with Crippen molar-refractivity contribution < 1.29 is 4.74 Å². The van der Waals surface area contributed by atoms with Crippen molar-refractivity contribution in [2.45, 2.75) is 19.9 Å². The van der Waals surface area contributed by atoms with Crippen LogP contribution >= 0.6 is 0 Å². The first-order valence-corrected chi connectivity index (χ1v) is 6.84. The lowest BCUT2D eigenvalue weighted by molar-refractivity contribution is 0.317. The van der Waals surface area contributed by atoms with E-state index in [0.717, 1.165) is 36.6 Å². The van der Waals surface area contributed by atoms with Crippen LogP contribution in [-0.4, -0.2) is 6.61 Å². The molecule has 0 amide bonds. The van der Waals surface area contributed by atoms with Gasteiger partial charge in [0, 0.05) is 17.8 Å². The molecular weight excluding hydrogens is 246 g/mol. The number of hydrogen-bond donors (Lipinski definition) is 1. The smallest absolute Gasteiger partial charge is 0.119 e. The van der Waals surface area contributed by atoms with Gasteiger partial charge in [0.1, 0.15) is 5.75 Å². The first kappa shape index (κ1) is 14.0. The molecule has 0 unspecified atom stereocenters. The number of ether oxygens (including phenoxy) is 1.